The van der Waals surface area contributed by atoms with Gasteiger partial charge in [0.25, 0.3) is 0 Å². The van der Waals surface area contributed by atoms with Crippen LogP contribution in [0.25, 0.3) is 106 Å². The molecule has 0 atom stereocenters. The summed E-state index contributed by atoms with van der Waals surface area (Å²) < 4.78 is 9.03. The maximum Gasteiger partial charge on any atom is 0.161 e. The second-order valence-electron chi connectivity index (χ2n) is 14.2. The summed E-state index contributed by atoms with van der Waals surface area (Å²) in [6, 6.07) is 70.2. The number of aromatic nitrogens is 3. The zero-order valence-corrected chi connectivity index (χ0v) is 30.3. The van der Waals surface area contributed by atoms with Crippen molar-refractivity contribution in [3.05, 3.63) is 200 Å². The van der Waals surface area contributed by atoms with Gasteiger partial charge in [0.1, 0.15) is 11.2 Å². The van der Waals surface area contributed by atoms with Crippen LogP contribution in [-0.2, 0) is 0 Å². The van der Waals surface area contributed by atoms with E-state index >= 15 is 0 Å². The lowest BCUT2D eigenvalue weighted by Crippen LogP contribution is -1.97. The van der Waals surface area contributed by atoms with E-state index in [1.54, 1.807) is 0 Å². The van der Waals surface area contributed by atoms with Crippen LogP contribution in [-0.4, -0.2) is 14.5 Å². The minimum atomic E-state index is 0.689. The molecule has 0 bridgehead atoms. The third kappa shape index (κ3) is 5.31. The summed E-state index contributed by atoms with van der Waals surface area (Å²) in [5.41, 5.74) is 14.3. The number of fused-ring (bicyclic) bond motifs is 6. The van der Waals surface area contributed by atoms with Crippen LogP contribution >= 0.6 is 0 Å². The number of rotatable bonds is 6. The Hall–Kier alpha value is -7.56. The van der Waals surface area contributed by atoms with Crippen molar-refractivity contribution in [1.29, 1.82) is 0 Å². The van der Waals surface area contributed by atoms with Crippen molar-refractivity contribution >= 4 is 43.7 Å². The van der Waals surface area contributed by atoms with Gasteiger partial charge in [0, 0.05) is 49.5 Å². The van der Waals surface area contributed by atoms with Crippen molar-refractivity contribution in [1.82, 2.24) is 14.5 Å². The Kier molecular flexibility index (Phi) is 7.46. The van der Waals surface area contributed by atoms with E-state index in [1.165, 1.54) is 11.1 Å². The first-order valence-electron chi connectivity index (χ1n) is 18.9. The second kappa shape index (κ2) is 13.1. The molecule has 56 heavy (non-hydrogen) atoms. The van der Waals surface area contributed by atoms with E-state index in [2.05, 4.69) is 187 Å². The van der Waals surface area contributed by atoms with Gasteiger partial charge in [-0.05, 0) is 53.1 Å². The Morgan fingerprint density at radius 2 is 0.929 bits per heavy atom. The molecule has 0 amide bonds. The zero-order valence-electron chi connectivity index (χ0n) is 30.3. The highest BCUT2D eigenvalue weighted by molar-refractivity contribution is 6.16. The Balaban J connectivity index is 1.16. The van der Waals surface area contributed by atoms with Crippen LogP contribution in [0.3, 0.4) is 0 Å². The van der Waals surface area contributed by atoms with Crippen molar-refractivity contribution in [2.45, 2.75) is 0 Å². The molecule has 0 aliphatic rings. The first-order valence-corrected chi connectivity index (χ1v) is 18.9. The van der Waals surface area contributed by atoms with Crippen molar-refractivity contribution < 1.29 is 4.42 Å². The number of hydrogen-bond acceptors (Lipinski definition) is 3. The van der Waals surface area contributed by atoms with Gasteiger partial charge in [-0.2, -0.15) is 0 Å². The van der Waals surface area contributed by atoms with Gasteiger partial charge < -0.3 is 8.98 Å². The van der Waals surface area contributed by atoms with E-state index in [0.717, 1.165) is 88.6 Å². The lowest BCUT2D eigenvalue weighted by Gasteiger charge is -2.13. The van der Waals surface area contributed by atoms with Gasteiger partial charge >= 0.3 is 0 Å². The molecule has 8 aromatic carbocycles. The van der Waals surface area contributed by atoms with Gasteiger partial charge in [-0.25, -0.2) is 9.97 Å². The maximum atomic E-state index is 6.65. The molecule has 11 rings (SSSR count). The fourth-order valence-electron chi connectivity index (χ4n) is 8.19. The van der Waals surface area contributed by atoms with Gasteiger partial charge in [0.05, 0.1) is 22.4 Å². The number of para-hydroxylation sites is 2. The molecule has 11 aromatic rings. The lowest BCUT2D eigenvalue weighted by atomic mass is 9.98. The topological polar surface area (TPSA) is 43.9 Å². The van der Waals surface area contributed by atoms with Crippen LogP contribution in [0.1, 0.15) is 0 Å². The summed E-state index contributed by atoms with van der Waals surface area (Å²) in [4.78, 5) is 10.5. The van der Waals surface area contributed by atoms with Crippen LogP contribution < -0.4 is 0 Å². The molecule has 3 heterocycles. The van der Waals surface area contributed by atoms with E-state index in [0.29, 0.717) is 5.82 Å². The lowest BCUT2D eigenvalue weighted by molar-refractivity contribution is 0.670. The number of benzene rings is 8. The second-order valence-corrected chi connectivity index (χ2v) is 14.2. The first-order chi connectivity index (χ1) is 27.8. The normalized spacial score (nSPS) is 11.6. The number of hydrogen-bond donors (Lipinski definition) is 0. The molecule has 0 aliphatic carbocycles. The Morgan fingerprint density at radius 1 is 0.375 bits per heavy atom. The average molecular weight is 716 g/mol. The minimum Gasteiger partial charge on any atom is -0.455 e. The quantitative estimate of drug-likeness (QED) is 0.172. The highest BCUT2D eigenvalue weighted by Crippen LogP contribution is 2.43. The van der Waals surface area contributed by atoms with Gasteiger partial charge in [-0.15, -0.1) is 0 Å². The molecule has 4 heteroatoms. The molecular weight excluding hydrogens is 683 g/mol. The predicted octanol–water partition coefficient (Wildman–Crippen LogP) is 13.8. The van der Waals surface area contributed by atoms with Gasteiger partial charge in [-0.3, -0.25) is 0 Å². The largest absolute Gasteiger partial charge is 0.455 e. The Morgan fingerprint density at radius 3 is 1.62 bits per heavy atom. The van der Waals surface area contributed by atoms with Crippen LogP contribution in [0.15, 0.2) is 205 Å². The highest BCUT2D eigenvalue weighted by atomic mass is 16.3. The zero-order chi connectivity index (χ0) is 37.0. The van der Waals surface area contributed by atoms with Gasteiger partial charge in [0.2, 0.25) is 0 Å². The van der Waals surface area contributed by atoms with Crippen molar-refractivity contribution in [3.8, 4) is 61.8 Å². The molecule has 0 spiro atoms. The summed E-state index contributed by atoms with van der Waals surface area (Å²) in [6.45, 7) is 0. The number of nitrogens with zero attached hydrogens (tertiary/aromatic N) is 3. The Bertz CT molecular complexity index is 3160. The summed E-state index contributed by atoms with van der Waals surface area (Å²) in [5.74, 6) is 0.689. The highest BCUT2D eigenvalue weighted by Gasteiger charge is 2.21. The van der Waals surface area contributed by atoms with Crippen LogP contribution in [0.5, 0.6) is 0 Å². The number of furan rings is 1. The fourth-order valence-corrected chi connectivity index (χ4v) is 8.19. The summed E-state index contributed by atoms with van der Waals surface area (Å²) in [5, 5.41) is 4.42. The molecule has 262 valence electrons. The third-order valence-corrected chi connectivity index (χ3v) is 10.8. The smallest absolute Gasteiger partial charge is 0.161 e. The fraction of sp³-hybridized carbons (Fsp3) is 0. The molecule has 0 saturated heterocycles. The molecular formula is C52H33N3O. The minimum absolute atomic E-state index is 0.689. The van der Waals surface area contributed by atoms with E-state index in [-0.39, 0.29) is 0 Å². The van der Waals surface area contributed by atoms with E-state index in [9.17, 15) is 0 Å². The van der Waals surface area contributed by atoms with Crippen molar-refractivity contribution in [3.63, 3.8) is 0 Å². The van der Waals surface area contributed by atoms with Crippen LogP contribution in [0.2, 0.25) is 0 Å². The van der Waals surface area contributed by atoms with E-state index < -0.39 is 0 Å². The molecule has 3 aromatic heterocycles. The maximum absolute atomic E-state index is 6.65. The molecule has 4 nitrogen and oxygen atoms in total. The monoisotopic (exact) mass is 715 g/mol. The van der Waals surface area contributed by atoms with Crippen LogP contribution in [0, 0.1) is 0 Å². The molecule has 0 N–H and O–H groups in total. The SMILES string of the molecule is c1ccc(-c2ccc(-c3cc(-n4c5ccccc5c5c(-c6nc(-c7ccccc7)cc(-c7ccccc7)n6)cccc54)cc4c3oc3ccccc34)cc2)cc1. The van der Waals surface area contributed by atoms with Crippen molar-refractivity contribution in [2.75, 3.05) is 0 Å². The standard InChI is InChI=1S/C52H33N3O/c1-4-15-34(16-5-1)35-27-29-36(30-28-35)43-31-39(32-44-40-21-11-13-26-49(40)56-51(43)44)55-47-24-12-10-22-41(47)50-42(23-14-25-48(50)55)52-53-45(37-17-6-2-7-18-37)33-46(54-52)38-19-8-3-9-20-38/h1-33H. The van der Waals surface area contributed by atoms with Crippen molar-refractivity contribution in [2.24, 2.45) is 0 Å². The Labute approximate surface area is 323 Å². The molecule has 0 fully saturated rings. The van der Waals surface area contributed by atoms with Gasteiger partial charge in [-0.1, -0.05) is 164 Å². The summed E-state index contributed by atoms with van der Waals surface area (Å²) in [7, 11) is 0. The molecule has 0 saturated carbocycles. The first kappa shape index (κ1) is 31.9. The molecule has 0 radical (unpaired) electrons. The molecule has 0 aliphatic heterocycles. The van der Waals surface area contributed by atoms with Crippen LogP contribution in [0.4, 0.5) is 0 Å². The van der Waals surface area contributed by atoms with E-state index in [4.69, 9.17) is 14.4 Å². The van der Waals surface area contributed by atoms with Gasteiger partial charge in [0.15, 0.2) is 5.82 Å². The average Bonchev–Trinajstić information content (AvgIpc) is 3.83. The summed E-state index contributed by atoms with van der Waals surface area (Å²) >= 11 is 0. The van der Waals surface area contributed by atoms with E-state index in [1.807, 2.05) is 18.2 Å². The molecule has 0 unspecified atom stereocenters. The predicted molar refractivity (Wildman–Crippen MR) is 231 cm³/mol. The summed E-state index contributed by atoms with van der Waals surface area (Å²) in [6.07, 6.45) is 0. The third-order valence-electron chi connectivity index (χ3n) is 10.8.